The summed E-state index contributed by atoms with van der Waals surface area (Å²) in [6, 6.07) is 7.50. The molecular weight excluding hydrogens is 425 g/mol. The van der Waals surface area contributed by atoms with Crippen LogP contribution in [-0.2, 0) is 20.1 Å². The summed E-state index contributed by atoms with van der Waals surface area (Å²) >= 11 is 0. The molecule has 1 aliphatic heterocycles. The lowest BCUT2D eigenvalue weighted by atomic mass is 9.96. The van der Waals surface area contributed by atoms with Crippen molar-refractivity contribution in [2.75, 3.05) is 11.5 Å². The molecule has 1 aromatic carbocycles. The van der Waals surface area contributed by atoms with Crippen molar-refractivity contribution < 1.29 is 32.0 Å². The summed E-state index contributed by atoms with van der Waals surface area (Å²) in [6.45, 7) is 0. The molecule has 3 atom stereocenters. The number of aliphatic hydroxyl groups is 1. The third-order valence-corrected chi connectivity index (χ3v) is 6.82. The summed E-state index contributed by atoms with van der Waals surface area (Å²) < 4.78 is 62.6. The van der Waals surface area contributed by atoms with Gasteiger partial charge >= 0.3 is 6.18 Å². The summed E-state index contributed by atoms with van der Waals surface area (Å²) in [7, 11) is -3.26. The lowest BCUT2D eigenvalue weighted by molar-refractivity contribution is -0.269. The molecule has 1 aromatic heterocycles. The molecule has 1 amide bonds. The fourth-order valence-corrected chi connectivity index (χ4v) is 4.86. The minimum atomic E-state index is -5.13. The smallest absolute Gasteiger partial charge is 0.423 e. The van der Waals surface area contributed by atoms with E-state index in [9.17, 15) is 27.3 Å². The lowest BCUT2D eigenvalue weighted by Crippen LogP contribution is -2.45. The van der Waals surface area contributed by atoms with Gasteiger partial charge in [-0.15, -0.1) is 0 Å². The number of hydrogen-bond donors (Lipinski definition) is 2. The van der Waals surface area contributed by atoms with Crippen LogP contribution in [-0.4, -0.2) is 48.9 Å². The first-order valence-corrected chi connectivity index (χ1v) is 10.7. The lowest BCUT2D eigenvalue weighted by Gasteiger charge is -2.30. The number of alkyl halides is 3. The van der Waals surface area contributed by atoms with Gasteiger partial charge in [0.15, 0.2) is 0 Å². The van der Waals surface area contributed by atoms with Crippen LogP contribution in [0.5, 0.6) is 11.6 Å². The molecule has 162 valence electrons. The van der Waals surface area contributed by atoms with Gasteiger partial charge in [0.25, 0.3) is 5.91 Å². The highest BCUT2D eigenvalue weighted by Crippen LogP contribution is 2.41. The Morgan fingerprint density at radius 1 is 1.20 bits per heavy atom. The van der Waals surface area contributed by atoms with Crippen molar-refractivity contribution in [2.45, 2.75) is 30.7 Å². The monoisotopic (exact) mass is 444 g/mol. The van der Waals surface area contributed by atoms with E-state index in [1.54, 1.807) is 30.3 Å². The van der Waals surface area contributed by atoms with E-state index in [1.165, 1.54) is 0 Å². The van der Waals surface area contributed by atoms with Gasteiger partial charge < -0.3 is 15.6 Å². The van der Waals surface area contributed by atoms with Gasteiger partial charge in [-0.1, -0.05) is 18.2 Å². The molecule has 0 aliphatic carbocycles. The zero-order valence-corrected chi connectivity index (χ0v) is 16.4. The van der Waals surface area contributed by atoms with Crippen LogP contribution in [0.2, 0.25) is 0 Å². The van der Waals surface area contributed by atoms with E-state index in [4.69, 9.17) is 10.5 Å². The molecule has 0 spiro atoms. The number of carbonyl (C=O) groups is 1. The molecule has 2 aromatic rings. The van der Waals surface area contributed by atoms with Gasteiger partial charge in [-0.3, -0.25) is 9.78 Å². The summed E-state index contributed by atoms with van der Waals surface area (Å²) in [5, 5.41) is 10.4. The molecule has 2 unspecified atom stereocenters. The topological polar surface area (TPSA) is 128 Å². The zero-order chi connectivity index (χ0) is 22.0. The van der Waals surface area contributed by atoms with Crippen molar-refractivity contribution in [2.24, 2.45) is 10.1 Å². The van der Waals surface area contributed by atoms with Gasteiger partial charge in [0.2, 0.25) is 11.5 Å². The number of benzene rings is 1. The SMILES string of the molecule is N[C@H]1CCS(=O)(CCC(O)(c2cnc(Oc3ccccc3)cn2)C(F)(F)F)=NC1=O. The number of nitrogens with two attached hydrogens (primary N) is 1. The van der Waals surface area contributed by atoms with Crippen molar-refractivity contribution in [1.29, 1.82) is 0 Å². The Kier molecular flexibility index (Phi) is 6.11. The van der Waals surface area contributed by atoms with Crippen LogP contribution in [0.15, 0.2) is 47.1 Å². The Morgan fingerprint density at radius 2 is 1.90 bits per heavy atom. The highest BCUT2D eigenvalue weighted by atomic mass is 32.2. The van der Waals surface area contributed by atoms with Crippen LogP contribution in [0.4, 0.5) is 13.2 Å². The number of ether oxygens (including phenoxy) is 1. The molecule has 3 N–H and O–H groups in total. The van der Waals surface area contributed by atoms with Crippen LogP contribution >= 0.6 is 0 Å². The molecule has 2 heterocycles. The first kappa shape index (κ1) is 22.1. The fraction of sp³-hybridized carbons (Fsp3) is 0.389. The maximum absolute atomic E-state index is 13.7. The summed E-state index contributed by atoms with van der Waals surface area (Å²) in [5.41, 5.74) is 1.28. The molecular formula is C18H19F3N4O4S. The molecule has 0 fully saturated rings. The van der Waals surface area contributed by atoms with Crippen LogP contribution in [0.1, 0.15) is 18.5 Å². The van der Waals surface area contributed by atoms with Crippen molar-refractivity contribution in [3.8, 4) is 11.6 Å². The molecule has 0 radical (unpaired) electrons. The van der Waals surface area contributed by atoms with E-state index in [-0.39, 0.29) is 18.1 Å². The van der Waals surface area contributed by atoms with Crippen LogP contribution in [0.25, 0.3) is 0 Å². The van der Waals surface area contributed by atoms with E-state index >= 15 is 0 Å². The first-order chi connectivity index (χ1) is 14.0. The molecule has 0 saturated carbocycles. The van der Waals surface area contributed by atoms with Gasteiger partial charge in [0.05, 0.1) is 33.9 Å². The van der Waals surface area contributed by atoms with E-state index < -0.39 is 51.3 Å². The highest BCUT2D eigenvalue weighted by Gasteiger charge is 2.56. The van der Waals surface area contributed by atoms with Crippen molar-refractivity contribution in [1.82, 2.24) is 9.97 Å². The molecule has 12 heteroatoms. The van der Waals surface area contributed by atoms with Crippen LogP contribution in [0, 0.1) is 0 Å². The second-order valence-corrected chi connectivity index (χ2v) is 9.31. The van der Waals surface area contributed by atoms with E-state index in [0.717, 1.165) is 12.4 Å². The Hall–Kier alpha value is -2.57. The van der Waals surface area contributed by atoms with Gasteiger partial charge in [0, 0.05) is 17.9 Å². The number of rotatable bonds is 6. The largest absolute Gasteiger partial charge is 0.438 e. The zero-order valence-electron chi connectivity index (χ0n) is 15.6. The number of nitrogens with zero attached hydrogens (tertiary/aromatic N) is 3. The predicted octanol–water partition coefficient (Wildman–Crippen LogP) is 2.13. The second-order valence-electron chi connectivity index (χ2n) is 6.77. The van der Waals surface area contributed by atoms with Gasteiger partial charge in [-0.2, -0.15) is 17.5 Å². The molecule has 3 rings (SSSR count). The summed E-state index contributed by atoms with van der Waals surface area (Å²) in [5.74, 6) is -1.25. The Labute approximate surface area is 170 Å². The third kappa shape index (κ3) is 4.77. The average Bonchev–Trinajstić information content (AvgIpc) is 2.70. The molecule has 1 aliphatic rings. The highest BCUT2D eigenvalue weighted by molar-refractivity contribution is 7.93. The van der Waals surface area contributed by atoms with Crippen molar-refractivity contribution in [3.05, 3.63) is 48.4 Å². The Morgan fingerprint density at radius 3 is 2.47 bits per heavy atom. The number of carbonyl (C=O) groups excluding carboxylic acids is 1. The van der Waals surface area contributed by atoms with Crippen molar-refractivity contribution >= 4 is 15.6 Å². The number of amides is 1. The van der Waals surface area contributed by atoms with Gasteiger partial charge in [-0.05, 0) is 18.6 Å². The Bertz CT molecular complexity index is 1020. The van der Waals surface area contributed by atoms with E-state index in [2.05, 4.69) is 14.3 Å². The van der Waals surface area contributed by atoms with Crippen LogP contribution < -0.4 is 10.5 Å². The fourth-order valence-electron chi connectivity index (χ4n) is 2.77. The maximum Gasteiger partial charge on any atom is 0.423 e. The summed E-state index contributed by atoms with van der Waals surface area (Å²) in [4.78, 5) is 19.0. The molecule has 0 bridgehead atoms. The number of hydrogen-bond acceptors (Lipinski definition) is 7. The molecule has 8 nitrogen and oxygen atoms in total. The first-order valence-electron chi connectivity index (χ1n) is 8.89. The minimum absolute atomic E-state index is 0.0525. The van der Waals surface area contributed by atoms with E-state index in [1.807, 2.05) is 0 Å². The third-order valence-electron chi connectivity index (χ3n) is 4.59. The normalized spacial score (nSPS) is 24.0. The quantitative estimate of drug-likeness (QED) is 0.699. The number of para-hydroxylation sites is 1. The Balaban J connectivity index is 1.82. The predicted molar refractivity (Wildman–Crippen MR) is 101 cm³/mol. The second kappa shape index (κ2) is 8.28. The average molecular weight is 444 g/mol. The minimum Gasteiger partial charge on any atom is -0.438 e. The van der Waals surface area contributed by atoms with Gasteiger partial charge in [-0.25, -0.2) is 9.19 Å². The number of halogens is 3. The molecule has 0 saturated heterocycles. The van der Waals surface area contributed by atoms with Gasteiger partial charge in [0.1, 0.15) is 5.75 Å². The van der Waals surface area contributed by atoms with E-state index in [0.29, 0.717) is 5.75 Å². The van der Waals surface area contributed by atoms with Crippen molar-refractivity contribution in [3.63, 3.8) is 0 Å². The standard InChI is InChI=1S/C18H19F3N4O4S/c19-18(20,21)17(27,7-9-30(28)8-6-13(22)16(26)25-30)14-10-24-15(11-23-14)29-12-4-2-1-3-5-12/h1-5,10-11,13,27H,6-9,22H2/t13-,17?,30?/m0/s1. The van der Waals surface area contributed by atoms with Crippen LogP contribution in [0.3, 0.4) is 0 Å². The maximum atomic E-state index is 13.7. The molecule has 30 heavy (non-hydrogen) atoms. The number of aromatic nitrogens is 2. The summed E-state index contributed by atoms with van der Waals surface area (Å²) in [6.07, 6.45) is -4.38.